The second kappa shape index (κ2) is 11.0. The summed E-state index contributed by atoms with van der Waals surface area (Å²) in [6.45, 7) is 12.8. The molecule has 0 saturated carbocycles. The second-order valence-corrected chi connectivity index (χ2v) is 3.95. The van der Waals surface area contributed by atoms with Crippen molar-refractivity contribution in [2.45, 2.75) is 46.5 Å². The van der Waals surface area contributed by atoms with Crippen LogP contribution < -0.4 is 5.32 Å². The van der Waals surface area contributed by atoms with Gasteiger partial charge in [-0.05, 0) is 38.9 Å². The monoisotopic (exact) mass is 200 g/mol. The van der Waals surface area contributed by atoms with Crippen molar-refractivity contribution >= 4 is 0 Å². The highest BCUT2D eigenvalue weighted by Crippen LogP contribution is 1.95. The van der Waals surface area contributed by atoms with Crippen molar-refractivity contribution in [3.63, 3.8) is 0 Å². The molecular formula is C12H28N2. The largest absolute Gasteiger partial charge is 0.315 e. The van der Waals surface area contributed by atoms with E-state index < -0.39 is 0 Å². The summed E-state index contributed by atoms with van der Waals surface area (Å²) < 4.78 is 0. The van der Waals surface area contributed by atoms with Crippen molar-refractivity contribution in [2.75, 3.05) is 32.7 Å². The third-order valence-corrected chi connectivity index (χ3v) is 2.40. The van der Waals surface area contributed by atoms with Gasteiger partial charge in [-0.2, -0.15) is 0 Å². The van der Waals surface area contributed by atoms with Gasteiger partial charge in [-0.15, -0.1) is 0 Å². The third-order valence-electron chi connectivity index (χ3n) is 2.40. The zero-order valence-corrected chi connectivity index (χ0v) is 10.3. The molecule has 0 heterocycles. The van der Waals surface area contributed by atoms with Gasteiger partial charge in [0.15, 0.2) is 0 Å². The van der Waals surface area contributed by atoms with Crippen LogP contribution in [0.4, 0.5) is 0 Å². The molecule has 0 radical (unpaired) electrons. The van der Waals surface area contributed by atoms with Gasteiger partial charge in [0.25, 0.3) is 0 Å². The van der Waals surface area contributed by atoms with E-state index >= 15 is 0 Å². The minimum absolute atomic E-state index is 1.15. The molecule has 0 bridgehead atoms. The van der Waals surface area contributed by atoms with Gasteiger partial charge >= 0.3 is 0 Å². The zero-order valence-electron chi connectivity index (χ0n) is 10.3. The molecular weight excluding hydrogens is 172 g/mol. The summed E-state index contributed by atoms with van der Waals surface area (Å²) >= 11 is 0. The van der Waals surface area contributed by atoms with Crippen molar-refractivity contribution in [3.05, 3.63) is 0 Å². The van der Waals surface area contributed by atoms with Crippen LogP contribution in [0.5, 0.6) is 0 Å². The number of hydrogen-bond donors (Lipinski definition) is 1. The van der Waals surface area contributed by atoms with Gasteiger partial charge < -0.3 is 10.2 Å². The Morgan fingerprint density at radius 1 is 0.786 bits per heavy atom. The molecule has 0 rings (SSSR count). The van der Waals surface area contributed by atoms with E-state index in [9.17, 15) is 0 Å². The van der Waals surface area contributed by atoms with Gasteiger partial charge in [0.05, 0.1) is 0 Å². The predicted octanol–water partition coefficient (Wildman–Crippen LogP) is 2.50. The molecule has 0 atom stereocenters. The summed E-state index contributed by atoms with van der Waals surface area (Å²) in [5, 5.41) is 3.46. The molecule has 0 saturated heterocycles. The maximum atomic E-state index is 3.46. The lowest BCUT2D eigenvalue weighted by molar-refractivity contribution is 0.269. The van der Waals surface area contributed by atoms with Crippen LogP contribution >= 0.6 is 0 Å². The van der Waals surface area contributed by atoms with Gasteiger partial charge in [-0.3, -0.25) is 0 Å². The van der Waals surface area contributed by atoms with E-state index in [1.165, 1.54) is 45.3 Å². The predicted molar refractivity (Wildman–Crippen MR) is 64.8 cm³/mol. The van der Waals surface area contributed by atoms with Crippen LogP contribution in [-0.2, 0) is 0 Å². The molecule has 0 aromatic carbocycles. The normalized spacial score (nSPS) is 11.1. The molecule has 0 aliphatic heterocycles. The first-order chi connectivity index (χ1) is 6.85. The minimum Gasteiger partial charge on any atom is -0.315 e. The van der Waals surface area contributed by atoms with Gasteiger partial charge in [0.2, 0.25) is 0 Å². The molecule has 0 aromatic heterocycles. The van der Waals surface area contributed by atoms with Crippen LogP contribution in [0.25, 0.3) is 0 Å². The Labute approximate surface area is 90.1 Å². The molecule has 0 aliphatic rings. The Bertz CT molecular complexity index is 104. The lowest BCUT2D eigenvalue weighted by Gasteiger charge is -2.21. The maximum Gasteiger partial charge on any atom is 0.0107 e. The summed E-state index contributed by atoms with van der Waals surface area (Å²) in [7, 11) is 0. The summed E-state index contributed by atoms with van der Waals surface area (Å²) in [5.41, 5.74) is 0. The molecule has 86 valence electrons. The maximum absolute atomic E-state index is 3.46. The number of hydrogen-bond acceptors (Lipinski definition) is 2. The summed E-state index contributed by atoms with van der Waals surface area (Å²) in [6, 6.07) is 0. The molecule has 0 aromatic rings. The fourth-order valence-electron chi connectivity index (χ4n) is 1.57. The molecule has 0 fully saturated rings. The van der Waals surface area contributed by atoms with Crippen molar-refractivity contribution in [3.8, 4) is 0 Å². The van der Waals surface area contributed by atoms with Crippen LogP contribution in [0.15, 0.2) is 0 Å². The standard InChI is InChI=1S/C12H28N2/c1-4-7-11-14(10-6-3)12-9-13-8-5-2/h13H,4-12H2,1-3H3. The minimum atomic E-state index is 1.15. The summed E-state index contributed by atoms with van der Waals surface area (Å²) in [6.07, 6.45) is 5.16. The number of rotatable bonds is 10. The van der Waals surface area contributed by atoms with Crippen molar-refractivity contribution < 1.29 is 0 Å². The molecule has 0 spiro atoms. The van der Waals surface area contributed by atoms with Gasteiger partial charge in [-0.25, -0.2) is 0 Å². The molecule has 0 aliphatic carbocycles. The van der Waals surface area contributed by atoms with E-state index in [0.717, 1.165) is 13.1 Å². The quantitative estimate of drug-likeness (QED) is 0.545. The third kappa shape index (κ3) is 8.52. The Morgan fingerprint density at radius 3 is 2.14 bits per heavy atom. The summed E-state index contributed by atoms with van der Waals surface area (Å²) in [4.78, 5) is 2.58. The number of nitrogens with zero attached hydrogens (tertiary/aromatic N) is 1. The highest BCUT2D eigenvalue weighted by molar-refractivity contribution is 4.59. The topological polar surface area (TPSA) is 15.3 Å². The first-order valence-corrected chi connectivity index (χ1v) is 6.28. The van der Waals surface area contributed by atoms with E-state index in [0.29, 0.717) is 0 Å². The van der Waals surface area contributed by atoms with Crippen LogP contribution in [0, 0.1) is 0 Å². The van der Waals surface area contributed by atoms with Crippen molar-refractivity contribution in [1.82, 2.24) is 10.2 Å². The van der Waals surface area contributed by atoms with Crippen LogP contribution in [0.1, 0.15) is 46.5 Å². The van der Waals surface area contributed by atoms with Crippen molar-refractivity contribution in [2.24, 2.45) is 0 Å². The van der Waals surface area contributed by atoms with E-state index in [4.69, 9.17) is 0 Å². The van der Waals surface area contributed by atoms with E-state index in [1.807, 2.05) is 0 Å². The van der Waals surface area contributed by atoms with Crippen LogP contribution in [0.2, 0.25) is 0 Å². The van der Waals surface area contributed by atoms with Crippen LogP contribution in [-0.4, -0.2) is 37.6 Å². The fraction of sp³-hybridized carbons (Fsp3) is 1.00. The second-order valence-electron chi connectivity index (χ2n) is 3.95. The molecule has 2 nitrogen and oxygen atoms in total. The highest BCUT2D eigenvalue weighted by Gasteiger charge is 2.01. The van der Waals surface area contributed by atoms with Gasteiger partial charge in [0, 0.05) is 13.1 Å². The molecule has 1 N–H and O–H groups in total. The average Bonchev–Trinajstić information content (AvgIpc) is 2.20. The van der Waals surface area contributed by atoms with E-state index in [1.54, 1.807) is 0 Å². The Hall–Kier alpha value is -0.0800. The molecule has 0 amide bonds. The summed E-state index contributed by atoms with van der Waals surface area (Å²) in [5.74, 6) is 0. The van der Waals surface area contributed by atoms with Gasteiger partial charge in [-0.1, -0.05) is 27.2 Å². The first-order valence-electron chi connectivity index (χ1n) is 6.28. The number of nitrogens with one attached hydrogen (secondary N) is 1. The fourth-order valence-corrected chi connectivity index (χ4v) is 1.57. The SMILES string of the molecule is CCCCN(CCC)CCNCCC. The average molecular weight is 200 g/mol. The van der Waals surface area contributed by atoms with Gasteiger partial charge in [0.1, 0.15) is 0 Å². The first kappa shape index (κ1) is 13.9. The molecule has 14 heavy (non-hydrogen) atoms. The number of unbranched alkanes of at least 4 members (excludes halogenated alkanes) is 1. The Kier molecular flexibility index (Phi) is 10.9. The lowest BCUT2D eigenvalue weighted by atomic mass is 10.3. The Balaban J connectivity index is 3.40. The lowest BCUT2D eigenvalue weighted by Crippen LogP contribution is -2.33. The molecule has 2 heteroatoms. The zero-order chi connectivity index (χ0) is 10.6. The van der Waals surface area contributed by atoms with Crippen LogP contribution in [0.3, 0.4) is 0 Å². The van der Waals surface area contributed by atoms with Crippen molar-refractivity contribution in [1.29, 1.82) is 0 Å². The highest BCUT2D eigenvalue weighted by atomic mass is 15.1. The smallest absolute Gasteiger partial charge is 0.0107 e. The van der Waals surface area contributed by atoms with E-state index in [2.05, 4.69) is 31.0 Å². The van der Waals surface area contributed by atoms with E-state index in [-0.39, 0.29) is 0 Å². The molecule has 0 unspecified atom stereocenters. The Morgan fingerprint density at radius 2 is 1.57 bits per heavy atom.